The van der Waals surface area contributed by atoms with Crippen molar-refractivity contribution >= 4 is 77.6 Å². The summed E-state index contributed by atoms with van der Waals surface area (Å²) in [5.74, 6) is 0. The molecule has 3 rings (SSSR count). The summed E-state index contributed by atoms with van der Waals surface area (Å²) in [5.41, 5.74) is 12.0. The van der Waals surface area contributed by atoms with Crippen molar-refractivity contribution in [3.05, 3.63) is 58.6 Å². The van der Waals surface area contributed by atoms with Crippen molar-refractivity contribution in [1.82, 2.24) is 0 Å². The van der Waals surface area contributed by atoms with Crippen molar-refractivity contribution in [2.45, 2.75) is 9.79 Å². The molecule has 170 valence electrons. The molecule has 0 aromatic heterocycles. The number of nitrogen functional groups attached to an aromatic ring is 2. The van der Waals surface area contributed by atoms with E-state index in [9.17, 15) is 25.9 Å². The van der Waals surface area contributed by atoms with Crippen molar-refractivity contribution in [3.63, 3.8) is 0 Å². The van der Waals surface area contributed by atoms with E-state index >= 15 is 0 Å². The maximum atomic E-state index is 11.4. The van der Waals surface area contributed by atoms with Crippen LogP contribution in [0.4, 0.5) is 34.1 Å². The Morgan fingerprint density at radius 3 is 1.31 bits per heavy atom. The minimum atomic E-state index is -4.53. The molecule has 10 nitrogen and oxygen atoms in total. The molecule has 0 amide bonds. The van der Waals surface area contributed by atoms with Gasteiger partial charge in [0.2, 0.25) is 0 Å². The minimum absolute atomic E-state index is 0.130. The molecule has 0 atom stereocenters. The largest absolute Gasteiger partial charge is 0.398 e. The molecule has 14 heteroatoms. The second-order valence-electron chi connectivity index (χ2n) is 6.52. The van der Waals surface area contributed by atoms with Gasteiger partial charge in [-0.05, 0) is 48.5 Å². The van der Waals surface area contributed by atoms with Crippen molar-refractivity contribution in [1.29, 1.82) is 0 Å². The standard InChI is InChI=1S/C18H16Cl2N4O6S2/c19-11-8-16(24-10-2-4-14(22)18(6-10)32(28,29)30)12(20)7-15(11)23-9-1-3-13(21)17(5-9)31(25,26)27/h1-8,23-24H,21-22H2,(H,25,26,27)(H,28,29,30). The molecule has 0 aliphatic heterocycles. The first kappa shape index (κ1) is 23.9. The molecule has 32 heavy (non-hydrogen) atoms. The molecule has 0 radical (unpaired) electrons. The maximum Gasteiger partial charge on any atom is 0.296 e. The van der Waals surface area contributed by atoms with Crippen molar-refractivity contribution in [2.24, 2.45) is 0 Å². The molecule has 0 saturated carbocycles. The van der Waals surface area contributed by atoms with E-state index in [-0.39, 0.29) is 32.8 Å². The fraction of sp³-hybridized carbons (Fsp3) is 0. The first-order valence-corrected chi connectivity index (χ1v) is 12.2. The normalized spacial score (nSPS) is 11.9. The van der Waals surface area contributed by atoms with Gasteiger partial charge in [0, 0.05) is 11.4 Å². The van der Waals surface area contributed by atoms with Crippen molar-refractivity contribution in [2.75, 3.05) is 22.1 Å². The highest BCUT2D eigenvalue weighted by Crippen LogP contribution is 2.37. The van der Waals surface area contributed by atoms with Gasteiger partial charge < -0.3 is 22.1 Å². The number of halogens is 2. The van der Waals surface area contributed by atoms with E-state index in [0.29, 0.717) is 11.4 Å². The Hall–Kier alpha value is -2.74. The van der Waals surface area contributed by atoms with Crippen LogP contribution in [0.1, 0.15) is 0 Å². The summed E-state index contributed by atoms with van der Waals surface area (Å²) in [5, 5.41) is 6.10. The third-order valence-corrected chi connectivity index (χ3v) is 6.64. The lowest BCUT2D eigenvalue weighted by Gasteiger charge is -2.15. The molecule has 0 aliphatic rings. The summed E-state index contributed by atoms with van der Waals surface area (Å²) in [6.45, 7) is 0. The highest BCUT2D eigenvalue weighted by atomic mass is 35.5. The van der Waals surface area contributed by atoms with E-state index in [4.69, 9.17) is 34.7 Å². The molecule has 0 heterocycles. The zero-order valence-electron chi connectivity index (χ0n) is 15.9. The van der Waals surface area contributed by atoms with Crippen LogP contribution in [0.5, 0.6) is 0 Å². The first-order valence-electron chi connectivity index (χ1n) is 8.53. The molecular formula is C18H16Cl2N4O6S2. The van der Waals surface area contributed by atoms with Gasteiger partial charge in [0.15, 0.2) is 0 Å². The van der Waals surface area contributed by atoms with Gasteiger partial charge in [-0.1, -0.05) is 23.2 Å². The molecule has 3 aromatic carbocycles. The number of hydrogen-bond donors (Lipinski definition) is 6. The Morgan fingerprint density at radius 1 is 0.656 bits per heavy atom. The number of benzene rings is 3. The Bertz CT molecular complexity index is 1320. The summed E-state index contributed by atoms with van der Waals surface area (Å²) in [6.07, 6.45) is 0. The molecule has 8 N–H and O–H groups in total. The molecule has 0 spiro atoms. The number of hydrogen-bond acceptors (Lipinski definition) is 8. The molecule has 0 bridgehead atoms. The van der Waals surface area contributed by atoms with Gasteiger partial charge in [-0.15, -0.1) is 0 Å². The minimum Gasteiger partial charge on any atom is -0.398 e. The average molecular weight is 519 g/mol. The summed E-state index contributed by atoms with van der Waals surface area (Å²) in [7, 11) is -9.06. The van der Waals surface area contributed by atoms with Crippen LogP contribution < -0.4 is 22.1 Å². The number of anilines is 6. The lowest BCUT2D eigenvalue weighted by Crippen LogP contribution is -2.04. The number of nitrogens with two attached hydrogens (primary N) is 2. The van der Waals surface area contributed by atoms with E-state index < -0.39 is 30.0 Å². The molecular weight excluding hydrogens is 503 g/mol. The van der Waals surface area contributed by atoms with Gasteiger partial charge in [0.25, 0.3) is 20.2 Å². The van der Waals surface area contributed by atoms with Crippen LogP contribution in [0.15, 0.2) is 58.3 Å². The zero-order valence-corrected chi connectivity index (χ0v) is 19.0. The molecule has 3 aromatic rings. The van der Waals surface area contributed by atoms with Crippen LogP contribution >= 0.6 is 23.2 Å². The van der Waals surface area contributed by atoms with Gasteiger partial charge in [-0.3, -0.25) is 9.11 Å². The highest BCUT2D eigenvalue weighted by molar-refractivity contribution is 7.86. The Balaban J connectivity index is 1.92. The predicted molar refractivity (Wildman–Crippen MR) is 124 cm³/mol. The first-order chi connectivity index (χ1) is 14.8. The molecule has 0 fully saturated rings. The van der Waals surface area contributed by atoms with E-state index in [1.54, 1.807) is 0 Å². The predicted octanol–water partition coefficient (Wildman–Crippen LogP) is 4.14. The van der Waals surface area contributed by atoms with Crippen LogP contribution in [0.3, 0.4) is 0 Å². The summed E-state index contributed by atoms with van der Waals surface area (Å²) >= 11 is 12.6. The monoisotopic (exact) mass is 518 g/mol. The van der Waals surface area contributed by atoms with E-state index in [0.717, 1.165) is 12.1 Å². The number of rotatable bonds is 6. The quantitative estimate of drug-likeness (QED) is 0.204. The Kier molecular flexibility index (Phi) is 6.47. The molecule has 0 unspecified atom stereocenters. The SMILES string of the molecule is Nc1ccc(Nc2cc(Cl)c(Nc3ccc(N)c(S(=O)(=O)O)c3)cc2Cl)cc1S(=O)(=O)O. The molecule has 0 saturated heterocycles. The van der Waals surface area contributed by atoms with Crippen LogP contribution in [0.25, 0.3) is 0 Å². The summed E-state index contributed by atoms with van der Waals surface area (Å²) < 4.78 is 64.3. The maximum absolute atomic E-state index is 11.4. The average Bonchev–Trinajstić information content (AvgIpc) is 2.67. The fourth-order valence-electron chi connectivity index (χ4n) is 2.72. The van der Waals surface area contributed by atoms with Gasteiger partial charge in [0.05, 0.1) is 32.8 Å². The highest BCUT2D eigenvalue weighted by Gasteiger charge is 2.17. The van der Waals surface area contributed by atoms with Crippen LogP contribution in [0, 0.1) is 0 Å². The lowest BCUT2D eigenvalue weighted by atomic mass is 10.2. The van der Waals surface area contributed by atoms with Gasteiger partial charge in [-0.25, -0.2) is 0 Å². The van der Waals surface area contributed by atoms with Gasteiger partial charge >= 0.3 is 0 Å². The molecule has 0 aliphatic carbocycles. The lowest BCUT2D eigenvalue weighted by molar-refractivity contribution is 0.481. The van der Waals surface area contributed by atoms with E-state index in [2.05, 4.69) is 10.6 Å². The second kappa shape index (κ2) is 8.65. The third kappa shape index (κ3) is 5.35. The Morgan fingerprint density at radius 2 is 1.00 bits per heavy atom. The summed E-state index contributed by atoms with van der Waals surface area (Å²) in [6, 6.07) is 10.7. The van der Waals surface area contributed by atoms with Gasteiger partial charge in [0.1, 0.15) is 9.79 Å². The van der Waals surface area contributed by atoms with Crippen LogP contribution in [0.2, 0.25) is 10.0 Å². The van der Waals surface area contributed by atoms with Crippen LogP contribution in [-0.2, 0) is 20.2 Å². The van der Waals surface area contributed by atoms with Crippen molar-refractivity contribution in [3.8, 4) is 0 Å². The second-order valence-corrected chi connectivity index (χ2v) is 10.1. The van der Waals surface area contributed by atoms with E-state index in [1.807, 2.05) is 0 Å². The Labute approximate surface area is 193 Å². The van der Waals surface area contributed by atoms with Gasteiger partial charge in [-0.2, -0.15) is 16.8 Å². The van der Waals surface area contributed by atoms with E-state index in [1.165, 1.54) is 36.4 Å². The summed E-state index contributed by atoms with van der Waals surface area (Å²) in [4.78, 5) is -0.943. The number of nitrogens with one attached hydrogen (secondary N) is 2. The zero-order chi connectivity index (χ0) is 23.8. The smallest absolute Gasteiger partial charge is 0.296 e. The van der Waals surface area contributed by atoms with Crippen molar-refractivity contribution < 1.29 is 25.9 Å². The topological polar surface area (TPSA) is 185 Å². The van der Waals surface area contributed by atoms with Crippen LogP contribution in [-0.4, -0.2) is 25.9 Å². The fourth-order valence-corrected chi connectivity index (χ4v) is 4.43. The third-order valence-electron chi connectivity index (χ3n) is 4.20.